The molecule has 0 fully saturated rings. The molecule has 1 atom stereocenters. The molecule has 2 aromatic heterocycles. The van der Waals surface area contributed by atoms with Crippen LogP contribution in [0.4, 0.5) is 0 Å². The van der Waals surface area contributed by atoms with Crippen molar-refractivity contribution in [2.45, 2.75) is 33.1 Å². The molecule has 8 aromatic carbocycles. The van der Waals surface area contributed by atoms with Crippen LogP contribution in [0.2, 0.25) is 0 Å². The second kappa shape index (κ2) is 14.9. The van der Waals surface area contributed by atoms with Crippen LogP contribution in [-0.2, 0) is 0 Å². The van der Waals surface area contributed by atoms with Gasteiger partial charge in [-0.3, -0.25) is 4.99 Å². The van der Waals surface area contributed by atoms with E-state index in [1.165, 1.54) is 33.0 Å². The average Bonchev–Trinajstić information content (AvgIpc) is 3.89. The first-order valence-corrected chi connectivity index (χ1v) is 21.1. The van der Waals surface area contributed by atoms with E-state index in [-0.39, 0.29) is 5.92 Å². The summed E-state index contributed by atoms with van der Waals surface area (Å²) >= 11 is 0. The number of rotatable bonds is 6. The van der Waals surface area contributed by atoms with Crippen molar-refractivity contribution in [3.8, 4) is 22.3 Å². The lowest BCUT2D eigenvalue weighted by molar-refractivity contribution is 0.668. The van der Waals surface area contributed by atoms with Gasteiger partial charge in [0.2, 0.25) is 0 Å². The van der Waals surface area contributed by atoms with Gasteiger partial charge in [0, 0.05) is 44.3 Å². The van der Waals surface area contributed by atoms with Gasteiger partial charge in [-0.1, -0.05) is 170 Å². The Labute approximate surface area is 349 Å². The summed E-state index contributed by atoms with van der Waals surface area (Å²) in [5, 5.41) is 6.92. The highest BCUT2D eigenvalue weighted by Crippen LogP contribution is 2.45. The molecule has 0 saturated carbocycles. The summed E-state index contributed by atoms with van der Waals surface area (Å²) in [6.07, 6.45) is 5.13. The molecule has 0 radical (unpaired) electrons. The molecule has 3 heterocycles. The molecule has 0 amide bonds. The molecule has 0 bridgehead atoms. The minimum absolute atomic E-state index is 0.137. The zero-order chi connectivity index (χ0) is 40.2. The van der Waals surface area contributed by atoms with Gasteiger partial charge >= 0.3 is 0 Å². The van der Waals surface area contributed by atoms with Crippen LogP contribution in [0.1, 0.15) is 49.8 Å². The van der Waals surface area contributed by atoms with Gasteiger partial charge in [-0.15, -0.1) is 0 Å². The molecule has 3 nitrogen and oxygen atoms in total. The van der Waals surface area contributed by atoms with Crippen LogP contribution in [-0.4, -0.2) is 5.71 Å². The third kappa shape index (κ3) is 6.08. The van der Waals surface area contributed by atoms with Gasteiger partial charge < -0.3 is 8.83 Å². The number of nitrogens with zero attached hydrogens (tertiary/aromatic N) is 1. The molecular weight excluding hydrogens is 731 g/mol. The van der Waals surface area contributed by atoms with E-state index >= 15 is 0 Å². The number of para-hydroxylation sites is 2. The Morgan fingerprint density at radius 2 is 1.12 bits per heavy atom. The van der Waals surface area contributed by atoms with E-state index in [9.17, 15) is 0 Å². The molecule has 1 aliphatic heterocycles. The maximum Gasteiger partial charge on any atom is 0.143 e. The SMILES string of the molecule is CCC1/C=C(c2ccc(-c3cccc4oc5c(-c6ccccc6)cccc5c34)c3ccccc23)\N=C(\c2ccccc2)CC/C(C)=C/1c1ccc2oc3ccccc3c2c1. The molecule has 60 heavy (non-hydrogen) atoms. The number of fused-ring (bicyclic) bond motifs is 7. The summed E-state index contributed by atoms with van der Waals surface area (Å²) < 4.78 is 13.0. The highest BCUT2D eigenvalue weighted by atomic mass is 16.3. The molecule has 288 valence electrons. The van der Waals surface area contributed by atoms with Crippen molar-refractivity contribution in [3.63, 3.8) is 0 Å². The lowest BCUT2D eigenvalue weighted by Gasteiger charge is -2.21. The third-order valence-corrected chi connectivity index (χ3v) is 12.5. The maximum absolute atomic E-state index is 6.71. The van der Waals surface area contributed by atoms with E-state index in [0.29, 0.717) is 0 Å². The van der Waals surface area contributed by atoms with Gasteiger partial charge in [-0.05, 0) is 94.6 Å². The van der Waals surface area contributed by atoms with E-state index < -0.39 is 0 Å². The standard InChI is InChI=1S/C57H43NO2/c1-3-37-35-51(58-50(39-18-8-5-9-19-39)32-28-36(2)55(37)40-29-33-53-49(34-40)46-22-12-13-26-52(46)59-53)45-31-30-44(42-20-10-11-21-43(42)45)47-24-15-27-54-56(47)48-25-14-23-41(57(48)60-54)38-16-6-4-7-17-38/h4-27,29-31,33-35,37H,3,28,32H2,1-2H3/b51-35-,55-36-,58-50+. The summed E-state index contributed by atoms with van der Waals surface area (Å²) in [5.41, 5.74) is 16.6. The van der Waals surface area contributed by atoms with Crippen molar-refractivity contribution in [1.29, 1.82) is 0 Å². The largest absolute Gasteiger partial charge is 0.456 e. The average molecular weight is 774 g/mol. The Morgan fingerprint density at radius 3 is 1.92 bits per heavy atom. The van der Waals surface area contributed by atoms with Gasteiger partial charge in [0.25, 0.3) is 0 Å². The first kappa shape index (κ1) is 35.9. The highest BCUT2D eigenvalue weighted by Gasteiger charge is 2.23. The Balaban J connectivity index is 1.10. The van der Waals surface area contributed by atoms with Gasteiger partial charge in [0.15, 0.2) is 0 Å². The van der Waals surface area contributed by atoms with E-state index in [1.54, 1.807) is 0 Å². The van der Waals surface area contributed by atoms with Crippen LogP contribution in [0.25, 0.3) is 88.2 Å². The molecule has 0 saturated heterocycles. The first-order valence-electron chi connectivity index (χ1n) is 21.1. The molecule has 1 unspecified atom stereocenters. The smallest absolute Gasteiger partial charge is 0.143 e. The second-order valence-electron chi connectivity index (χ2n) is 16.0. The minimum Gasteiger partial charge on any atom is -0.456 e. The van der Waals surface area contributed by atoms with Gasteiger partial charge in [-0.25, -0.2) is 0 Å². The summed E-state index contributed by atoms with van der Waals surface area (Å²) in [6, 6.07) is 62.7. The zero-order valence-corrected chi connectivity index (χ0v) is 33.8. The van der Waals surface area contributed by atoms with Crippen LogP contribution < -0.4 is 0 Å². The van der Waals surface area contributed by atoms with Crippen LogP contribution in [0.15, 0.2) is 201 Å². The van der Waals surface area contributed by atoms with Crippen LogP contribution >= 0.6 is 0 Å². The maximum atomic E-state index is 6.71. The summed E-state index contributed by atoms with van der Waals surface area (Å²) in [5.74, 6) is 0.137. The molecule has 0 aliphatic carbocycles. The molecular formula is C57H43NO2. The van der Waals surface area contributed by atoms with Gasteiger partial charge in [0.05, 0.1) is 5.70 Å². The Bertz CT molecular complexity index is 3360. The molecule has 3 heteroatoms. The Morgan fingerprint density at radius 1 is 0.483 bits per heavy atom. The summed E-state index contributed by atoms with van der Waals surface area (Å²) in [6.45, 7) is 4.63. The van der Waals surface area contributed by atoms with Crippen molar-refractivity contribution < 1.29 is 8.83 Å². The van der Waals surface area contributed by atoms with Crippen molar-refractivity contribution in [2.24, 2.45) is 10.9 Å². The predicted molar refractivity (Wildman–Crippen MR) is 252 cm³/mol. The van der Waals surface area contributed by atoms with Crippen LogP contribution in [0.3, 0.4) is 0 Å². The lowest BCUT2D eigenvalue weighted by Crippen LogP contribution is -2.04. The van der Waals surface area contributed by atoms with E-state index in [1.807, 2.05) is 6.07 Å². The number of hydrogen-bond donors (Lipinski definition) is 0. The normalized spacial score (nSPS) is 18.0. The van der Waals surface area contributed by atoms with Gasteiger partial charge in [0.1, 0.15) is 22.3 Å². The lowest BCUT2D eigenvalue weighted by atomic mass is 9.84. The number of benzene rings is 8. The summed E-state index contributed by atoms with van der Waals surface area (Å²) in [4.78, 5) is 5.67. The number of furan rings is 2. The zero-order valence-electron chi connectivity index (χ0n) is 33.8. The predicted octanol–water partition coefficient (Wildman–Crippen LogP) is 16.1. The fourth-order valence-corrected chi connectivity index (χ4v) is 9.61. The highest BCUT2D eigenvalue weighted by molar-refractivity contribution is 6.18. The van der Waals surface area contributed by atoms with Gasteiger partial charge in [-0.2, -0.15) is 0 Å². The Kier molecular flexibility index (Phi) is 8.89. The van der Waals surface area contributed by atoms with Crippen LogP contribution in [0.5, 0.6) is 0 Å². The second-order valence-corrected chi connectivity index (χ2v) is 16.0. The van der Waals surface area contributed by atoms with Crippen molar-refractivity contribution in [2.75, 3.05) is 0 Å². The first-order chi connectivity index (χ1) is 29.6. The van der Waals surface area contributed by atoms with E-state index in [2.05, 4.69) is 190 Å². The topological polar surface area (TPSA) is 38.6 Å². The molecule has 10 aromatic rings. The third-order valence-electron chi connectivity index (χ3n) is 12.5. The van der Waals surface area contributed by atoms with Crippen molar-refractivity contribution >= 4 is 71.6 Å². The molecule has 0 N–H and O–H groups in total. The fourth-order valence-electron chi connectivity index (χ4n) is 9.61. The van der Waals surface area contributed by atoms with Crippen LogP contribution in [0, 0.1) is 5.92 Å². The van der Waals surface area contributed by atoms with Crippen molar-refractivity contribution in [3.05, 3.63) is 204 Å². The fraction of sp³-hybridized carbons (Fsp3) is 0.105. The Hall–Kier alpha value is -7.23. The number of allylic oxidation sites excluding steroid dienone is 3. The van der Waals surface area contributed by atoms with E-state index in [4.69, 9.17) is 13.8 Å². The molecule has 0 spiro atoms. The summed E-state index contributed by atoms with van der Waals surface area (Å²) in [7, 11) is 0. The van der Waals surface area contributed by atoms with Crippen molar-refractivity contribution in [1.82, 2.24) is 0 Å². The monoisotopic (exact) mass is 773 g/mol. The number of aliphatic imine (C=N–C) groups is 1. The minimum atomic E-state index is 0.137. The molecule has 1 aliphatic rings. The molecule has 11 rings (SSSR count). The van der Waals surface area contributed by atoms with E-state index in [0.717, 1.165) is 102 Å². The quantitative estimate of drug-likeness (QED) is 0.169. The number of hydrogen-bond acceptors (Lipinski definition) is 3.